The summed E-state index contributed by atoms with van der Waals surface area (Å²) in [5.74, 6) is 0.615. The Kier molecular flexibility index (Phi) is 7.64. The topological polar surface area (TPSA) is 66.0 Å². The molecule has 6 heteroatoms. The highest BCUT2D eigenvalue weighted by Gasteiger charge is 2.14. The normalized spacial score (nSPS) is 10.8. The molecule has 0 atom stereocenters. The van der Waals surface area contributed by atoms with Crippen molar-refractivity contribution < 1.29 is 13.9 Å². The molecular formula is C25H18FIN2O2. The van der Waals surface area contributed by atoms with E-state index in [1.165, 1.54) is 6.07 Å². The smallest absolute Gasteiger partial charge is 0.175 e. The van der Waals surface area contributed by atoms with Crippen molar-refractivity contribution in [1.29, 1.82) is 10.5 Å². The minimum Gasteiger partial charge on any atom is -0.490 e. The predicted octanol–water partition coefficient (Wildman–Crippen LogP) is 6.34. The van der Waals surface area contributed by atoms with Gasteiger partial charge in [-0.15, -0.1) is 0 Å². The molecule has 0 saturated carbocycles. The van der Waals surface area contributed by atoms with E-state index in [2.05, 4.69) is 34.7 Å². The van der Waals surface area contributed by atoms with Crippen LogP contribution in [0.1, 0.15) is 29.2 Å². The van der Waals surface area contributed by atoms with E-state index in [-0.39, 0.29) is 17.7 Å². The van der Waals surface area contributed by atoms with E-state index >= 15 is 0 Å². The zero-order valence-electron chi connectivity index (χ0n) is 16.7. The van der Waals surface area contributed by atoms with Crippen molar-refractivity contribution in [3.05, 3.63) is 92.3 Å². The fourth-order valence-electron chi connectivity index (χ4n) is 3.00. The van der Waals surface area contributed by atoms with E-state index in [0.29, 0.717) is 29.2 Å². The monoisotopic (exact) mass is 524 g/mol. The Labute approximate surface area is 194 Å². The lowest BCUT2D eigenvalue weighted by Crippen LogP contribution is -2.03. The second-order valence-corrected chi connectivity index (χ2v) is 7.63. The molecule has 3 aromatic carbocycles. The number of rotatable bonds is 7. The minimum atomic E-state index is -0.453. The number of halogens is 2. The maximum Gasteiger partial charge on any atom is 0.175 e. The van der Waals surface area contributed by atoms with Crippen LogP contribution >= 0.6 is 22.6 Å². The summed E-state index contributed by atoms with van der Waals surface area (Å²) in [7, 11) is 0. The number of allylic oxidation sites excluding steroid dienone is 1. The van der Waals surface area contributed by atoms with Gasteiger partial charge in [-0.25, -0.2) is 4.39 Å². The third-order valence-electron chi connectivity index (χ3n) is 4.44. The van der Waals surface area contributed by atoms with Gasteiger partial charge in [0.25, 0.3) is 0 Å². The first-order valence-corrected chi connectivity index (χ1v) is 10.6. The molecule has 3 aromatic rings. The average Bonchev–Trinajstić information content (AvgIpc) is 2.78. The standard InChI is InChI=1S/C25H18FIN2O2/c1-2-30-24-13-17(11-20(15-29)21-9-5-6-10-22(21)26)12-23(27)25(24)31-16-19-8-4-3-7-18(19)14-28/h3-13H,2,16H2,1H3/b20-11-. The van der Waals surface area contributed by atoms with Crippen LogP contribution in [0.15, 0.2) is 60.7 Å². The molecule has 0 bridgehead atoms. The van der Waals surface area contributed by atoms with Crippen LogP contribution in [0.25, 0.3) is 11.6 Å². The highest BCUT2D eigenvalue weighted by atomic mass is 127. The molecule has 3 rings (SSSR count). The molecule has 4 nitrogen and oxygen atoms in total. The van der Waals surface area contributed by atoms with Crippen LogP contribution in [-0.2, 0) is 6.61 Å². The van der Waals surface area contributed by atoms with Gasteiger partial charge in [-0.3, -0.25) is 0 Å². The van der Waals surface area contributed by atoms with Crippen LogP contribution in [0.5, 0.6) is 11.5 Å². The van der Waals surface area contributed by atoms with Crippen molar-refractivity contribution in [3.8, 4) is 23.6 Å². The molecule has 0 radical (unpaired) electrons. The zero-order valence-corrected chi connectivity index (χ0v) is 18.9. The molecule has 0 heterocycles. The lowest BCUT2D eigenvalue weighted by molar-refractivity contribution is 0.267. The van der Waals surface area contributed by atoms with Gasteiger partial charge in [0.1, 0.15) is 12.4 Å². The summed E-state index contributed by atoms with van der Waals surface area (Å²) >= 11 is 2.14. The van der Waals surface area contributed by atoms with Crippen LogP contribution in [-0.4, -0.2) is 6.61 Å². The largest absolute Gasteiger partial charge is 0.490 e. The predicted molar refractivity (Wildman–Crippen MR) is 126 cm³/mol. The first kappa shape index (κ1) is 22.3. The van der Waals surface area contributed by atoms with Gasteiger partial charge in [-0.2, -0.15) is 10.5 Å². The molecule has 154 valence electrons. The fraction of sp³-hybridized carbons (Fsp3) is 0.120. The second-order valence-electron chi connectivity index (χ2n) is 6.47. The summed E-state index contributed by atoms with van der Waals surface area (Å²) < 4.78 is 26.7. The molecule has 0 N–H and O–H groups in total. The van der Waals surface area contributed by atoms with Crippen LogP contribution in [0.3, 0.4) is 0 Å². The summed E-state index contributed by atoms with van der Waals surface area (Å²) in [6, 6.07) is 21.2. The summed E-state index contributed by atoms with van der Waals surface area (Å²) in [6.07, 6.45) is 1.62. The maximum absolute atomic E-state index is 14.1. The van der Waals surface area contributed by atoms with Crippen molar-refractivity contribution in [1.82, 2.24) is 0 Å². The number of hydrogen-bond donors (Lipinski definition) is 0. The van der Waals surface area contributed by atoms with Gasteiger partial charge in [0, 0.05) is 11.1 Å². The number of ether oxygens (including phenoxy) is 2. The van der Waals surface area contributed by atoms with E-state index in [1.54, 1.807) is 42.5 Å². The van der Waals surface area contributed by atoms with E-state index in [9.17, 15) is 14.9 Å². The van der Waals surface area contributed by atoms with Gasteiger partial charge in [-0.05, 0) is 65.4 Å². The van der Waals surface area contributed by atoms with Gasteiger partial charge in [-0.1, -0.05) is 36.4 Å². The quantitative estimate of drug-likeness (QED) is 0.206. The molecule has 0 fully saturated rings. The van der Waals surface area contributed by atoms with E-state index < -0.39 is 5.82 Å². The number of nitrogens with zero attached hydrogens (tertiary/aromatic N) is 2. The Bertz CT molecular complexity index is 1210. The zero-order chi connectivity index (χ0) is 22.2. The van der Waals surface area contributed by atoms with Gasteiger partial charge in [0.15, 0.2) is 11.5 Å². The van der Waals surface area contributed by atoms with Crippen LogP contribution < -0.4 is 9.47 Å². The second kappa shape index (κ2) is 10.6. The Morgan fingerprint density at radius 1 is 1.06 bits per heavy atom. The summed E-state index contributed by atoms with van der Waals surface area (Å²) in [5.41, 5.74) is 2.48. The third kappa shape index (κ3) is 5.42. The van der Waals surface area contributed by atoms with Crippen molar-refractivity contribution >= 4 is 34.2 Å². The lowest BCUT2D eigenvalue weighted by Gasteiger charge is -2.15. The molecule has 0 aliphatic heterocycles. The molecule has 0 aliphatic rings. The van der Waals surface area contributed by atoms with Crippen molar-refractivity contribution in [3.63, 3.8) is 0 Å². The number of hydrogen-bond acceptors (Lipinski definition) is 4. The molecule has 0 spiro atoms. The first-order chi connectivity index (χ1) is 15.1. The molecular weight excluding hydrogens is 506 g/mol. The van der Waals surface area contributed by atoms with Crippen molar-refractivity contribution in [2.45, 2.75) is 13.5 Å². The van der Waals surface area contributed by atoms with Gasteiger partial charge < -0.3 is 9.47 Å². The molecule has 0 aromatic heterocycles. The van der Waals surface area contributed by atoms with Gasteiger partial charge in [0.05, 0.1) is 33.5 Å². The SMILES string of the molecule is CCOc1cc(/C=C(/C#N)c2ccccc2F)cc(I)c1OCc1ccccc1C#N. The molecule has 0 aliphatic carbocycles. The summed E-state index contributed by atoms with van der Waals surface area (Å²) in [6.45, 7) is 2.50. The number of nitriles is 2. The third-order valence-corrected chi connectivity index (χ3v) is 5.24. The molecule has 0 unspecified atom stereocenters. The Hall–Kier alpha value is -3.36. The Balaban J connectivity index is 1.96. The van der Waals surface area contributed by atoms with Crippen molar-refractivity contribution in [2.24, 2.45) is 0 Å². The van der Waals surface area contributed by atoms with Gasteiger partial charge in [0.2, 0.25) is 0 Å². The van der Waals surface area contributed by atoms with Gasteiger partial charge >= 0.3 is 0 Å². The minimum absolute atomic E-state index is 0.216. The van der Waals surface area contributed by atoms with Crippen LogP contribution in [0.4, 0.5) is 4.39 Å². The van der Waals surface area contributed by atoms with Crippen molar-refractivity contribution in [2.75, 3.05) is 6.61 Å². The van der Waals surface area contributed by atoms with E-state index in [1.807, 2.05) is 25.1 Å². The summed E-state index contributed by atoms with van der Waals surface area (Å²) in [5, 5.41) is 18.8. The molecule has 0 saturated heterocycles. The summed E-state index contributed by atoms with van der Waals surface area (Å²) in [4.78, 5) is 0. The fourth-order valence-corrected chi connectivity index (χ4v) is 3.78. The molecule has 0 amide bonds. The van der Waals surface area contributed by atoms with Crippen LogP contribution in [0, 0.1) is 32.0 Å². The van der Waals surface area contributed by atoms with E-state index in [4.69, 9.17) is 9.47 Å². The highest BCUT2D eigenvalue weighted by molar-refractivity contribution is 14.1. The molecule has 31 heavy (non-hydrogen) atoms. The highest BCUT2D eigenvalue weighted by Crippen LogP contribution is 2.36. The van der Waals surface area contributed by atoms with E-state index in [0.717, 1.165) is 9.13 Å². The Morgan fingerprint density at radius 2 is 1.81 bits per heavy atom. The lowest BCUT2D eigenvalue weighted by atomic mass is 10.0. The maximum atomic E-state index is 14.1. The van der Waals surface area contributed by atoms with Crippen LogP contribution in [0.2, 0.25) is 0 Å². The first-order valence-electron chi connectivity index (χ1n) is 9.51. The number of benzene rings is 3. The Morgan fingerprint density at radius 3 is 2.52 bits per heavy atom. The average molecular weight is 524 g/mol.